The summed E-state index contributed by atoms with van der Waals surface area (Å²) in [5.74, 6) is 0.183. The Morgan fingerprint density at radius 2 is 2.25 bits per heavy atom. The molecule has 1 amide bonds. The van der Waals surface area contributed by atoms with E-state index in [1.54, 1.807) is 37.5 Å². The minimum atomic E-state index is -0.442. The second kappa shape index (κ2) is 6.56. The van der Waals surface area contributed by atoms with Crippen LogP contribution < -0.4 is 10.6 Å². The molecule has 0 saturated heterocycles. The summed E-state index contributed by atoms with van der Waals surface area (Å²) in [4.78, 5) is 11.9. The molecule has 1 unspecified atom stereocenters. The predicted molar refractivity (Wildman–Crippen MR) is 77.7 cm³/mol. The quantitative estimate of drug-likeness (QED) is 0.877. The van der Waals surface area contributed by atoms with E-state index < -0.39 is 6.04 Å². The summed E-state index contributed by atoms with van der Waals surface area (Å²) in [5.41, 5.74) is 0.666. The lowest BCUT2D eigenvalue weighted by Crippen LogP contribution is -2.37. The minimum absolute atomic E-state index is 0.165. The molecule has 0 aliphatic heterocycles. The molecule has 0 saturated carbocycles. The van der Waals surface area contributed by atoms with Crippen molar-refractivity contribution in [3.8, 4) is 0 Å². The second-order valence-electron chi connectivity index (χ2n) is 4.29. The fourth-order valence-electron chi connectivity index (χ4n) is 1.64. The van der Waals surface area contributed by atoms with Gasteiger partial charge in [-0.1, -0.05) is 0 Å². The summed E-state index contributed by atoms with van der Waals surface area (Å²) in [6.45, 7) is 2.07. The number of nitrogens with one attached hydrogen (secondary N) is 2. The van der Waals surface area contributed by atoms with Crippen LogP contribution in [-0.2, 0) is 11.3 Å². The first kappa shape index (κ1) is 14.6. The van der Waals surface area contributed by atoms with E-state index in [9.17, 15) is 9.18 Å². The van der Waals surface area contributed by atoms with E-state index in [2.05, 4.69) is 26.6 Å². The number of benzene rings is 1. The van der Waals surface area contributed by atoms with Gasteiger partial charge in [-0.15, -0.1) is 0 Å². The molecule has 6 heteroatoms. The fourth-order valence-corrected chi connectivity index (χ4v) is 2.02. The number of halogens is 2. The average Bonchev–Trinajstić information content (AvgIpc) is 2.93. The molecule has 1 aromatic heterocycles. The molecule has 0 fully saturated rings. The summed E-state index contributed by atoms with van der Waals surface area (Å²) in [6.07, 6.45) is 1.55. The zero-order valence-electron chi connectivity index (χ0n) is 10.8. The number of rotatable bonds is 5. The smallest absolute Gasteiger partial charge is 0.242 e. The van der Waals surface area contributed by atoms with E-state index in [4.69, 9.17) is 4.42 Å². The van der Waals surface area contributed by atoms with Crippen LogP contribution in [0.1, 0.15) is 12.7 Å². The van der Waals surface area contributed by atoms with Crippen LogP contribution >= 0.6 is 15.9 Å². The Kier molecular flexibility index (Phi) is 4.79. The number of carbonyl (C=O) groups is 1. The maximum atomic E-state index is 13.1. The van der Waals surface area contributed by atoms with Crippen LogP contribution in [0.4, 0.5) is 10.1 Å². The van der Waals surface area contributed by atoms with Gasteiger partial charge in [0.2, 0.25) is 5.91 Å². The lowest BCUT2D eigenvalue weighted by Gasteiger charge is -2.15. The highest BCUT2D eigenvalue weighted by atomic mass is 79.9. The third-order valence-electron chi connectivity index (χ3n) is 2.71. The Balaban J connectivity index is 1.88. The Morgan fingerprint density at radius 1 is 1.45 bits per heavy atom. The predicted octanol–water partition coefficient (Wildman–Crippen LogP) is 3.30. The molecular weight excluding hydrogens is 327 g/mol. The highest BCUT2D eigenvalue weighted by Crippen LogP contribution is 2.20. The van der Waals surface area contributed by atoms with Gasteiger partial charge in [-0.3, -0.25) is 4.79 Å². The van der Waals surface area contributed by atoms with Crippen molar-refractivity contribution in [2.24, 2.45) is 0 Å². The van der Waals surface area contributed by atoms with Gasteiger partial charge in [-0.25, -0.2) is 4.39 Å². The molecule has 1 heterocycles. The minimum Gasteiger partial charge on any atom is -0.467 e. The summed E-state index contributed by atoms with van der Waals surface area (Å²) in [6, 6.07) is 7.61. The average molecular weight is 341 g/mol. The van der Waals surface area contributed by atoms with Gasteiger partial charge in [-0.2, -0.15) is 0 Å². The van der Waals surface area contributed by atoms with Crippen molar-refractivity contribution in [1.82, 2.24) is 5.32 Å². The number of amides is 1. The highest BCUT2D eigenvalue weighted by molar-refractivity contribution is 9.10. The normalized spacial score (nSPS) is 11.9. The molecular formula is C14H14BrFN2O2. The third kappa shape index (κ3) is 3.84. The first-order valence-corrected chi connectivity index (χ1v) is 6.87. The van der Waals surface area contributed by atoms with Crippen LogP contribution in [0.3, 0.4) is 0 Å². The van der Waals surface area contributed by atoms with E-state index in [-0.39, 0.29) is 11.7 Å². The third-order valence-corrected chi connectivity index (χ3v) is 3.32. The monoisotopic (exact) mass is 340 g/mol. The number of hydrogen-bond donors (Lipinski definition) is 2. The van der Waals surface area contributed by atoms with Gasteiger partial charge in [0.15, 0.2) is 0 Å². The van der Waals surface area contributed by atoms with Gasteiger partial charge in [0.05, 0.1) is 17.3 Å². The lowest BCUT2D eigenvalue weighted by atomic mass is 10.2. The fraction of sp³-hybridized carbons (Fsp3) is 0.214. The summed E-state index contributed by atoms with van der Waals surface area (Å²) < 4.78 is 18.6. The molecule has 106 valence electrons. The Labute approximate surface area is 124 Å². The van der Waals surface area contributed by atoms with Crippen LogP contribution in [-0.4, -0.2) is 11.9 Å². The van der Waals surface area contributed by atoms with Gasteiger partial charge < -0.3 is 15.1 Å². The Bertz CT molecular complexity index is 587. The van der Waals surface area contributed by atoms with E-state index in [0.717, 1.165) is 0 Å². The molecule has 0 radical (unpaired) electrons. The molecule has 1 aromatic carbocycles. The van der Waals surface area contributed by atoms with E-state index in [1.807, 2.05) is 0 Å². The SMILES string of the molecule is CC(Nc1ccc(F)c(Br)c1)C(=O)NCc1ccco1. The van der Waals surface area contributed by atoms with Crippen LogP contribution in [0.25, 0.3) is 0 Å². The van der Waals surface area contributed by atoms with Crippen LogP contribution in [0.5, 0.6) is 0 Å². The van der Waals surface area contributed by atoms with Gasteiger partial charge in [-0.05, 0) is 53.2 Å². The second-order valence-corrected chi connectivity index (χ2v) is 5.15. The van der Waals surface area contributed by atoms with Crippen molar-refractivity contribution >= 4 is 27.5 Å². The van der Waals surface area contributed by atoms with Crippen molar-refractivity contribution in [2.45, 2.75) is 19.5 Å². The Morgan fingerprint density at radius 3 is 2.90 bits per heavy atom. The zero-order valence-corrected chi connectivity index (χ0v) is 12.4. The number of furan rings is 1. The molecule has 0 aliphatic rings. The topological polar surface area (TPSA) is 54.3 Å². The van der Waals surface area contributed by atoms with Gasteiger partial charge in [0.25, 0.3) is 0 Å². The van der Waals surface area contributed by atoms with E-state index in [0.29, 0.717) is 22.5 Å². The lowest BCUT2D eigenvalue weighted by molar-refractivity contribution is -0.121. The zero-order chi connectivity index (χ0) is 14.5. The van der Waals surface area contributed by atoms with Crippen LogP contribution in [0, 0.1) is 5.82 Å². The molecule has 2 aromatic rings. The molecule has 0 bridgehead atoms. The summed E-state index contributed by atoms with van der Waals surface area (Å²) in [7, 11) is 0. The first-order valence-electron chi connectivity index (χ1n) is 6.08. The molecule has 0 spiro atoms. The number of carbonyl (C=O) groups excluding carboxylic acids is 1. The van der Waals surface area contributed by atoms with Gasteiger partial charge in [0, 0.05) is 5.69 Å². The Hall–Kier alpha value is -1.82. The molecule has 0 aliphatic carbocycles. The van der Waals surface area contributed by atoms with Gasteiger partial charge >= 0.3 is 0 Å². The summed E-state index contributed by atoms with van der Waals surface area (Å²) >= 11 is 3.10. The van der Waals surface area contributed by atoms with Crippen molar-refractivity contribution in [3.63, 3.8) is 0 Å². The maximum Gasteiger partial charge on any atom is 0.242 e. The van der Waals surface area contributed by atoms with Gasteiger partial charge in [0.1, 0.15) is 17.6 Å². The van der Waals surface area contributed by atoms with Crippen LogP contribution in [0.15, 0.2) is 45.5 Å². The van der Waals surface area contributed by atoms with Crippen LogP contribution in [0.2, 0.25) is 0 Å². The van der Waals surface area contributed by atoms with Crippen molar-refractivity contribution in [3.05, 3.63) is 52.6 Å². The van der Waals surface area contributed by atoms with E-state index in [1.165, 1.54) is 6.07 Å². The number of hydrogen-bond acceptors (Lipinski definition) is 3. The molecule has 2 N–H and O–H groups in total. The maximum absolute atomic E-state index is 13.1. The molecule has 4 nitrogen and oxygen atoms in total. The number of anilines is 1. The standard InChI is InChI=1S/C14H14BrFN2O2/c1-9(14(19)17-8-11-3-2-6-20-11)18-10-4-5-13(16)12(15)7-10/h2-7,9,18H,8H2,1H3,(H,17,19). The van der Waals surface area contributed by atoms with Crippen molar-refractivity contribution in [1.29, 1.82) is 0 Å². The van der Waals surface area contributed by atoms with Crippen molar-refractivity contribution < 1.29 is 13.6 Å². The molecule has 20 heavy (non-hydrogen) atoms. The van der Waals surface area contributed by atoms with E-state index >= 15 is 0 Å². The highest BCUT2D eigenvalue weighted by Gasteiger charge is 2.13. The molecule has 1 atom stereocenters. The summed E-state index contributed by atoms with van der Waals surface area (Å²) in [5, 5.41) is 5.75. The largest absolute Gasteiger partial charge is 0.467 e. The molecule has 2 rings (SSSR count). The van der Waals surface area contributed by atoms with Crippen molar-refractivity contribution in [2.75, 3.05) is 5.32 Å². The first-order chi connectivity index (χ1) is 9.56.